The van der Waals surface area contributed by atoms with Crippen molar-refractivity contribution in [3.8, 4) is 0 Å². The van der Waals surface area contributed by atoms with Crippen molar-refractivity contribution in [3.05, 3.63) is 0 Å². The standard InChI is InChI=1S/C42H70O35.C12H22O11/c43-1-8-29-15(50)22(57)36(64-8)72-30-9(2-44)66-38(24(59)17(30)52)74-32-11(4-46)68-40(26(61)19(32)54)76-34-13(6-48)70-42(28(63)21(34)56)77-35-14(7-49)69-41(27(62)20(35)55)75-33-12(5-47)67-39(25(60)18(33)53)73-31-10(3-45)65-37(71-29)23(58)16(31)51;13-1-3-5(15)6(16)9(19)12(22-3)23-10-4(2-14)21-11(20)8(18)7(10)17/h8-63H,1-7H2;3-20H,1-2H2/t8-,9-,10-,11-,12-,13-,14-,15-,16-,17-,18-,19-,20-,21-,22-,23-,24-,25-,26-,27-,28-,29-,30-,31-,32-,33-,34-,35-,36-,37-,38-,39-,40-,41-,42-;3-,4-,5-,6+,7-,8-,9-,10-,11+,12-/m11/s1. The molecule has 23 saturated heterocycles. The van der Waals surface area contributed by atoms with E-state index in [1.807, 2.05) is 0 Å². The molecule has 23 fully saturated rings. The van der Waals surface area contributed by atoms with E-state index in [4.69, 9.17) is 85.6 Å². The molecule has 23 rings (SSSR count). The average molecular weight is 1480 g/mol. The van der Waals surface area contributed by atoms with E-state index in [0.717, 1.165) is 0 Å². The molecule has 0 radical (unpaired) electrons. The van der Waals surface area contributed by atoms with E-state index in [0.29, 0.717) is 0 Å². The van der Waals surface area contributed by atoms with Gasteiger partial charge in [-0.3, -0.25) is 0 Å². The van der Waals surface area contributed by atoms with Crippen LogP contribution in [0.15, 0.2) is 0 Å². The molecule has 46 heteroatoms. The molecule has 0 spiro atoms. The van der Waals surface area contributed by atoms with Gasteiger partial charge >= 0.3 is 0 Å². The summed E-state index contributed by atoms with van der Waals surface area (Å²) in [6.07, 6.45) is -85.8. The number of rotatable bonds is 11. The minimum Gasteiger partial charge on any atom is -0.394 e. The molecular formula is C54H92O46. The molecule has 23 aliphatic heterocycles. The number of hydrogen-bond acceptors (Lipinski definition) is 46. The maximum absolute atomic E-state index is 11.3. The highest BCUT2D eigenvalue weighted by Gasteiger charge is 2.60. The first-order valence-electron chi connectivity index (χ1n) is 31.7. The van der Waals surface area contributed by atoms with Gasteiger partial charge in [0.25, 0.3) is 0 Å². The topological polar surface area (TPSA) is 744 Å². The molecule has 14 bridgehead atoms. The second-order valence-electron chi connectivity index (χ2n) is 25.2. The van der Waals surface area contributed by atoms with Gasteiger partial charge in [0.05, 0.1) is 59.5 Å². The molecule has 0 aromatic carbocycles. The maximum Gasteiger partial charge on any atom is 0.187 e. The molecule has 0 aromatic heterocycles. The number of aliphatic hydroxyl groups excluding tert-OH is 29. The van der Waals surface area contributed by atoms with Gasteiger partial charge in [0, 0.05) is 0 Å². The zero-order chi connectivity index (χ0) is 73.4. The molecule has 45 atom stereocenters. The quantitative estimate of drug-likeness (QED) is 0.0913. The van der Waals surface area contributed by atoms with Crippen molar-refractivity contribution >= 4 is 0 Å². The molecule has 100 heavy (non-hydrogen) atoms. The van der Waals surface area contributed by atoms with E-state index in [9.17, 15) is 143 Å². The van der Waals surface area contributed by atoms with Gasteiger partial charge in [0.2, 0.25) is 0 Å². The lowest BCUT2D eigenvalue weighted by molar-refractivity contribution is -0.396. The van der Waals surface area contributed by atoms with Gasteiger partial charge in [-0.25, -0.2) is 0 Å². The third-order valence-corrected chi connectivity index (χ3v) is 18.8. The van der Waals surface area contributed by atoms with Gasteiger partial charge in [0.1, 0.15) is 220 Å². The van der Waals surface area contributed by atoms with Crippen LogP contribution in [0.3, 0.4) is 0 Å². The molecule has 0 unspecified atom stereocenters. The third-order valence-electron chi connectivity index (χ3n) is 18.8. The smallest absolute Gasteiger partial charge is 0.187 e. The van der Waals surface area contributed by atoms with Gasteiger partial charge in [-0.15, -0.1) is 0 Å². The molecule has 46 nitrogen and oxygen atoms in total. The Morgan fingerprint density at radius 1 is 0.170 bits per heavy atom. The zero-order valence-electron chi connectivity index (χ0n) is 52.3. The van der Waals surface area contributed by atoms with Crippen LogP contribution in [-0.4, -0.2) is 484 Å². The van der Waals surface area contributed by atoms with E-state index in [1.54, 1.807) is 0 Å². The predicted octanol–water partition coefficient (Wildman–Crippen LogP) is -20.6. The molecule has 0 aromatic rings. The Balaban J connectivity index is 0.000000428. The fourth-order valence-corrected chi connectivity index (χ4v) is 13.0. The van der Waals surface area contributed by atoms with Crippen molar-refractivity contribution in [1.29, 1.82) is 0 Å². The van der Waals surface area contributed by atoms with Crippen LogP contribution in [0.1, 0.15) is 0 Å². The van der Waals surface area contributed by atoms with Crippen molar-refractivity contribution in [2.75, 3.05) is 59.5 Å². The van der Waals surface area contributed by atoms with Crippen LogP contribution in [0.25, 0.3) is 0 Å². The van der Waals surface area contributed by atoms with Crippen LogP contribution in [0.2, 0.25) is 0 Å². The summed E-state index contributed by atoms with van der Waals surface area (Å²) >= 11 is 0. The van der Waals surface area contributed by atoms with Crippen molar-refractivity contribution < 1.29 is 229 Å². The van der Waals surface area contributed by atoms with E-state index in [1.165, 1.54) is 0 Å². The fourth-order valence-electron chi connectivity index (χ4n) is 13.0. The summed E-state index contributed by atoms with van der Waals surface area (Å²) in [5.41, 5.74) is 0. The van der Waals surface area contributed by atoms with Crippen LogP contribution in [0, 0.1) is 0 Å². The molecule has 584 valence electrons. The Bertz CT molecular complexity index is 2090. The number of hydrogen-bond donors (Lipinski definition) is 29. The molecule has 23 heterocycles. The van der Waals surface area contributed by atoms with Crippen molar-refractivity contribution in [2.24, 2.45) is 0 Å². The minimum atomic E-state index is -2.21. The molecule has 23 aliphatic rings. The third kappa shape index (κ3) is 16.7. The molecule has 0 aliphatic carbocycles. The second-order valence-corrected chi connectivity index (χ2v) is 25.2. The van der Waals surface area contributed by atoms with E-state index < -0.39 is 336 Å². The average Bonchev–Trinajstić information content (AvgIpc) is 0.779. The Kier molecular flexibility index (Phi) is 29.2. The highest BCUT2D eigenvalue weighted by atomic mass is 16.8. The SMILES string of the molecule is OC[C@H]1O[C@@H]2O[C@H]3[C@H](O)[C@@H](O)[C@@H](O[C@H]4[C@H](O)[C@@H](O)[C@@H](O[C@H]5[C@H](O)[C@@H](O)[C@@H](O[C@H]6[C@H](O)[C@@H](O)[C@@H](O[C@H]7[C@H](O)[C@@H](O)[C@@H](O[C@H]8[C@H](O)[C@@H](O)[C@@H](O[C@H]1[C@H](O)[C@H]2O)O[C@@H]8CO)O[C@@H]7CO)O[C@@H]6CO)O[C@@H]5CO)O[C@@H]4CO)O[C@@H]3CO.OC[C@H]1O[C@H](O[C@H]2[C@H](O)[C@@H](O)[C@@H](O)O[C@@H]2CO)[C@H](O)[C@@H](O)[C@@H]1O. The Labute approximate surface area is 563 Å². The van der Waals surface area contributed by atoms with Crippen molar-refractivity contribution in [1.82, 2.24) is 0 Å². The van der Waals surface area contributed by atoms with E-state index >= 15 is 0 Å². The van der Waals surface area contributed by atoms with E-state index in [2.05, 4.69) is 0 Å². The van der Waals surface area contributed by atoms with Gasteiger partial charge in [-0.2, -0.15) is 0 Å². The lowest BCUT2D eigenvalue weighted by Crippen LogP contribution is -2.68. The maximum atomic E-state index is 11.3. The van der Waals surface area contributed by atoms with Crippen LogP contribution in [0.5, 0.6) is 0 Å². The minimum absolute atomic E-state index is 0.667. The summed E-state index contributed by atoms with van der Waals surface area (Å²) in [6, 6.07) is 0. The molecule has 0 saturated carbocycles. The number of ether oxygens (including phenoxy) is 17. The molecule has 0 amide bonds. The largest absolute Gasteiger partial charge is 0.394 e. The first kappa shape index (κ1) is 82.2. The highest BCUT2D eigenvalue weighted by molar-refractivity contribution is 5.03. The van der Waals surface area contributed by atoms with Crippen molar-refractivity contribution in [3.63, 3.8) is 0 Å². The molecular weight excluding hydrogens is 1380 g/mol. The van der Waals surface area contributed by atoms with Crippen LogP contribution in [0.4, 0.5) is 0 Å². The monoisotopic (exact) mass is 1480 g/mol. The summed E-state index contributed by atoms with van der Waals surface area (Å²) in [7, 11) is 0. The first-order valence-corrected chi connectivity index (χ1v) is 31.7. The van der Waals surface area contributed by atoms with Crippen molar-refractivity contribution in [2.45, 2.75) is 276 Å². The van der Waals surface area contributed by atoms with Crippen LogP contribution in [-0.2, 0) is 80.5 Å². The predicted molar refractivity (Wildman–Crippen MR) is 297 cm³/mol. The van der Waals surface area contributed by atoms with Gasteiger partial charge < -0.3 is 229 Å². The highest BCUT2D eigenvalue weighted by Crippen LogP contribution is 2.40. The summed E-state index contributed by atoms with van der Waals surface area (Å²) in [4.78, 5) is 0. The van der Waals surface area contributed by atoms with Gasteiger partial charge in [-0.1, -0.05) is 0 Å². The lowest BCUT2D eigenvalue weighted by atomic mass is 9.95. The van der Waals surface area contributed by atoms with Gasteiger partial charge in [-0.05, 0) is 0 Å². The van der Waals surface area contributed by atoms with Crippen LogP contribution < -0.4 is 0 Å². The second kappa shape index (κ2) is 35.5. The number of aliphatic hydroxyl groups is 29. The molecule has 29 N–H and O–H groups in total. The van der Waals surface area contributed by atoms with E-state index in [-0.39, 0.29) is 0 Å². The zero-order valence-corrected chi connectivity index (χ0v) is 52.3. The summed E-state index contributed by atoms with van der Waals surface area (Å²) in [6.45, 7) is -8.67. The lowest BCUT2D eigenvalue weighted by Gasteiger charge is -2.50. The Morgan fingerprint density at radius 3 is 0.580 bits per heavy atom. The fraction of sp³-hybridized carbons (Fsp3) is 1.00. The van der Waals surface area contributed by atoms with Crippen LogP contribution >= 0.6 is 0 Å². The Morgan fingerprint density at radius 2 is 0.380 bits per heavy atom. The normalized spacial score (nSPS) is 54.5. The Hall–Kier alpha value is -1.84. The van der Waals surface area contributed by atoms with Gasteiger partial charge in [0.15, 0.2) is 56.6 Å². The first-order chi connectivity index (χ1) is 47.5. The summed E-state index contributed by atoms with van der Waals surface area (Å²) in [5, 5.41) is 307. The summed E-state index contributed by atoms with van der Waals surface area (Å²) < 4.78 is 94.7. The summed E-state index contributed by atoms with van der Waals surface area (Å²) in [5.74, 6) is 0.